The second kappa shape index (κ2) is 12.5. The summed E-state index contributed by atoms with van der Waals surface area (Å²) in [4.78, 5) is 1.43. The van der Waals surface area contributed by atoms with Gasteiger partial charge in [0.05, 0.1) is 13.2 Å². The standard InChI is InChI=1S/C5H13NO8S2.2K/c1-6(2-4-13-15(7,8)9)3-5-14-16(10,11)12;;/h2-5H2,1H3,(H,7,8,9)(H,10,11,12);;/q;2*+1/p-2. The molecule has 18 heavy (non-hydrogen) atoms. The van der Waals surface area contributed by atoms with Crippen LogP contribution < -0.4 is 103 Å². The molecule has 0 saturated carbocycles. The maximum atomic E-state index is 10.0. The van der Waals surface area contributed by atoms with Crippen LogP contribution in [0.25, 0.3) is 0 Å². The van der Waals surface area contributed by atoms with Gasteiger partial charge in [0, 0.05) is 13.1 Å². The normalized spacial score (nSPS) is 11.8. The second-order valence-corrected chi connectivity index (χ2v) is 4.87. The van der Waals surface area contributed by atoms with Crippen molar-refractivity contribution in [3.8, 4) is 0 Å². The van der Waals surface area contributed by atoms with E-state index in [1.54, 1.807) is 0 Å². The van der Waals surface area contributed by atoms with E-state index in [0.717, 1.165) is 0 Å². The number of rotatable bonds is 8. The van der Waals surface area contributed by atoms with Crippen LogP contribution >= 0.6 is 0 Å². The summed E-state index contributed by atoms with van der Waals surface area (Å²) in [7, 11) is -7.93. The van der Waals surface area contributed by atoms with Gasteiger partial charge in [0.25, 0.3) is 0 Å². The summed E-state index contributed by atoms with van der Waals surface area (Å²) in [5, 5.41) is 0. The van der Waals surface area contributed by atoms with Crippen molar-refractivity contribution in [2.75, 3.05) is 33.4 Å². The molecule has 0 aromatic heterocycles. The predicted molar refractivity (Wildman–Crippen MR) is 48.8 cm³/mol. The van der Waals surface area contributed by atoms with Crippen molar-refractivity contribution >= 4 is 20.8 Å². The topological polar surface area (TPSA) is 136 Å². The van der Waals surface area contributed by atoms with Gasteiger partial charge in [-0.1, -0.05) is 0 Å². The van der Waals surface area contributed by atoms with E-state index in [0.29, 0.717) is 0 Å². The first kappa shape index (κ1) is 25.9. The summed E-state index contributed by atoms with van der Waals surface area (Å²) in [6.07, 6.45) is 0. The van der Waals surface area contributed by atoms with E-state index in [2.05, 4.69) is 8.37 Å². The molecule has 0 unspecified atom stereocenters. The third kappa shape index (κ3) is 21.3. The van der Waals surface area contributed by atoms with Crippen LogP contribution in [0.3, 0.4) is 0 Å². The Morgan fingerprint density at radius 2 is 1.17 bits per heavy atom. The Labute approximate surface area is 192 Å². The maximum absolute atomic E-state index is 10.0. The van der Waals surface area contributed by atoms with Crippen molar-refractivity contribution in [1.29, 1.82) is 0 Å². The molecule has 0 heterocycles. The van der Waals surface area contributed by atoms with Crippen LogP contribution in [0.15, 0.2) is 0 Å². The van der Waals surface area contributed by atoms with Gasteiger partial charge in [0.15, 0.2) is 0 Å². The van der Waals surface area contributed by atoms with Gasteiger partial charge in [-0.3, -0.25) is 8.37 Å². The fourth-order valence-electron chi connectivity index (χ4n) is 0.702. The SMILES string of the molecule is CN(CCOS(=O)(=O)[O-])CCOS(=O)(=O)[O-].[K+].[K+]. The van der Waals surface area contributed by atoms with Crippen LogP contribution in [0.5, 0.6) is 0 Å². The molecule has 98 valence electrons. The third-order valence-corrected chi connectivity index (χ3v) is 2.31. The molecule has 0 atom stereocenters. The fourth-order valence-corrected chi connectivity index (χ4v) is 1.26. The fraction of sp³-hybridized carbons (Fsp3) is 1.00. The van der Waals surface area contributed by atoms with E-state index < -0.39 is 20.8 Å². The molecule has 0 aliphatic carbocycles. The van der Waals surface area contributed by atoms with E-state index in [1.807, 2.05) is 0 Å². The van der Waals surface area contributed by atoms with Gasteiger partial charge in [-0.05, 0) is 7.05 Å². The average molecular weight is 355 g/mol. The molecule has 0 amide bonds. The maximum Gasteiger partial charge on any atom is 1.00 e. The van der Waals surface area contributed by atoms with E-state index >= 15 is 0 Å². The number of hydrogen-bond acceptors (Lipinski definition) is 9. The minimum atomic E-state index is -4.72. The zero-order valence-electron chi connectivity index (χ0n) is 10.4. The molecule has 0 aliphatic heterocycles. The Kier molecular flexibility index (Phi) is 18.0. The molecular formula is C5H11K2NO8S2. The number of likely N-dealkylation sites (N-methyl/N-ethyl adjacent to an activating group) is 1. The monoisotopic (exact) mass is 355 g/mol. The van der Waals surface area contributed by atoms with Gasteiger partial charge in [-0.2, -0.15) is 0 Å². The molecule has 0 aromatic rings. The van der Waals surface area contributed by atoms with Crippen LogP contribution in [-0.4, -0.2) is 64.2 Å². The Bertz CT molecular complexity index is 358. The van der Waals surface area contributed by atoms with Crippen molar-refractivity contribution in [3.63, 3.8) is 0 Å². The van der Waals surface area contributed by atoms with Crippen LogP contribution in [0, 0.1) is 0 Å². The smallest absolute Gasteiger partial charge is 0.726 e. The van der Waals surface area contributed by atoms with E-state index in [4.69, 9.17) is 0 Å². The summed E-state index contributed by atoms with van der Waals surface area (Å²) >= 11 is 0. The van der Waals surface area contributed by atoms with Crippen LogP contribution in [0.2, 0.25) is 0 Å². The number of nitrogens with zero attached hydrogens (tertiary/aromatic N) is 1. The third-order valence-electron chi connectivity index (χ3n) is 1.40. The summed E-state index contributed by atoms with van der Waals surface area (Å²) in [6, 6.07) is 0. The van der Waals surface area contributed by atoms with Crippen molar-refractivity contribution in [3.05, 3.63) is 0 Å². The van der Waals surface area contributed by atoms with Crippen LogP contribution in [0.4, 0.5) is 0 Å². The van der Waals surface area contributed by atoms with Gasteiger partial charge >= 0.3 is 103 Å². The molecule has 0 fully saturated rings. The molecule has 0 radical (unpaired) electrons. The second-order valence-electron chi connectivity index (χ2n) is 2.76. The van der Waals surface area contributed by atoms with Gasteiger partial charge in [0.1, 0.15) is 0 Å². The minimum absolute atomic E-state index is 0. The van der Waals surface area contributed by atoms with E-state index in [1.165, 1.54) is 11.9 Å². The number of hydrogen-bond donors (Lipinski definition) is 0. The Hall–Kier alpha value is 2.97. The molecule has 0 aliphatic rings. The molecule has 0 saturated heterocycles. The first-order valence-electron chi connectivity index (χ1n) is 3.99. The molecule has 0 N–H and O–H groups in total. The molecule has 0 aromatic carbocycles. The van der Waals surface area contributed by atoms with Gasteiger partial charge < -0.3 is 14.0 Å². The van der Waals surface area contributed by atoms with Gasteiger partial charge in [-0.25, -0.2) is 16.8 Å². The zero-order chi connectivity index (χ0) is 12.8. The average Bonchev–Trinajstić information content (AvgIpc) is 1.98. The Morgan fingerprint density at radius 1 is 0.889 bits per heavy atom. The Morgan fingerprint density at radius 3 is 1.39 bits per heavy atom. The largest absolute Gasteiger partial charge is 1.00 e. The summed E-state index contributed by atoms with van der Waals surface area (Å²) in [5.41, 5.74) is 0. The molecule has 0 rings (SSSR count). The van der Waals surface area contributed by atoms with E-state index in [9.17, 15) is 25.9 Å². The molecule has 0 spiro atoms. The molecular weight excluding hydrogens is 344 g/mol. The van der Waals surface area contributed by atoms with Gasteiger partial charge in [0.2, 0.25) is 20.8 Å². The Balaban J connectivity index is -0.00000112. The predicted octanol–water partition coefficient (Wildman–Crippen LogP) is -8.12. The van der Waals surface area contributed by atoms with Crippen molar-refractivity contribution in [2.45, 2.75) is 0 Å². The van der Waals surface area contributed by atoms with Crippen molar-refractivity contribution < 1.29 is 137 Å². The molecule has 0 bridgehead atoms. The van der Waals surface area contributed by atoms with Crippen LogP contribution in [-0.2, 0) is 29.2 Å². The van der Waals surface area contributed by atoms with Crippen molar-refractivity contribution in [1.82, 2.24) is 4.90 Å². The summed E-state index contributed by atoms with van der Waals surface area (Å²) < 4.78 is 67.9. The molecule has 13 heteroatoms. The van der Waals surface area contributed by atoms with Crippen molar-refractivity contribution in [2.24, 2.45) is 0 Å². The summed E-state index contributed by atoms with van der Waals surface area (Å²) in [6.45, 7) is -0.563. The first-order valence-corrected chi connectivity index (χ1v) is 6.66. The quantitative estimate of drug-likeness (QED) is 0.236. The van der Waals surface area contributed by atoms with Gasteiger partial charge in [-0.15, -0.1) is 0 Å². The van der Waals surface area contributed by atoms with Crippen LogP contribution in [0.1, 0.15) is 0 Å². The molecule has 9 nitrogen and oxygen atoms in total. The van der Waals surface area contributed by atoms with E-state index in [-0.39, 0.29) is 129 Å². The zero-order valence-corrected chi connectivity index (χ0v) is 18.2. The minimum Gasteiger partial charge on any atom is -0.726 e. The first-order chi connectivity index (χ1) is 7.10. The summed E-state index contributed by atoms with van der Waals surface area (Å²) in [5.74, 6) is 0.